The van der Waals surface area contributed by atoms with E-state index in [1.165, 1.54) is 62.5 Å². The fourth-order valence-electron chi connectivity index (χ4n) is 5.86. The second kappa shape index (κ2) is 9.98. The van der Waals surface area contributed by atoms with Gasteiger partial charge in [-0.1, -0.05) is 82.2 Å². The van der Waals surface area contributed by atoms with Crippen LogP contribution in [0.15, 0.2) is 42.5 Å². The standard InChI is InChI=1S/C28H37FO/c1-3-4-9-21-10-5-6-12-23(19-21)25-16-15-22-11-7-8-13-24(22)28(25)30-27-18-20(2)14-17-26(27)29/h7-8,11,13-14,17-18,21,23,25,28H,3-6,9-10,12,15-16,19H2,1-2H3. The zero-order chi connectivity index (χ0) is 20.9. The first-order valence-electron chi connectivity index (χ1n) is 12.2. The quantitative estimate of drug-likeness (QED) is 0.438. The van der Waals surface area contributed by atoms with Crippen LogP contribution in [0.1, 0.15) is 87.5 Å². The van der Waals surface area contributed by atoms with Crippen molar-refractivity contribution in [3.05, 3.63) is 65.0 Å². The Morgan fingerprint density at radius 2 is 1.87 bits per heavy atom. The summed E-state index contributed by atoms with van der Waals surface area (Å²) >= 11 is 0. The Morgan fingerprint density at radius 3 is 2.73 bits per heavy atom. The molecular weight excluding hydrogens is 371 g/mol. The van der Waals surface area contributed by atoms with Gasteiger partial charge in [-0.25, -0.2) is 4.39 Å². The summed E-state index contributed by atoms with van der Waals surface area (Å²) in [6.07, 6.45) is 12.9. The molecule has 2 heteroatoms. The molecule has 1 fully saturated rings. The Kier molecular flexibility index (Phi) is 7.12. The van der Waals surface area contributed by atoms with Gasteiger partial charge in [-0.15, -0.1) is 0 Å². The van der Waals surface area contributed by atoms with Crippen LogP contribution in [0, 0.1) is 30.5 Å². The first-order chi connectivity index (χ1) is 14.7. The lowest BCUT2D eigenvalue weighted by Crippen LogP contribution is -2.31. The van der Waals surface area contributed by atoms with E-state index in [-0.39, 0.29) is 11.9 Å². The molecule has 0 N–H and O–H groups in total. The molecule has 0 aliphatic heterocycles. The Labute approximate surface area is 182 Å². The molecular formula is C28H37FO. The largest absolute Gasteiger partial charge is 0.482 e. The highest BCUT2D eigenvalue weighted by Gasteiger charge is 2.38. The molecule has 0 bridgehead atoms. The van der Waals surface area contributed by atoms with Crippen LogP contribution in [0.2, 0.25) is 0 Å². The molecule has 0 saturated heterocycles. The third-order valence-corrected chi connectivity index (χ3v) is 7.48. The number of rotatable bonds is 6. The summed E-state index contributed by atoms with van der Waals surface area (Å²) in [7, 11) is 0. The molecule has 0 amide bonds. The van der Waals surface area contributed by atoms with Gasteiger partial charge in [0.1, 0.15) is 6.10 Å². The molecule has 4 rings (SSSR count). The first kappa shape index (κ1) is 21.4. The molecule has 0 radical (unpaired) electrons. The summed E-state index contributed by atoms with van der Waals surface area (Å²) in [6.45, 7) is 4.30. The Morgan fingerprint density at radius 1 is 1.03 bits per heavy atom. The van der Waals surface area contributed by atoms with Gasteiger partial charge in [-0.05, 0) is 66.8 Å². The van der Waals surface area contributed by atoms with E-state index in [2.05, 4.69) is 31.2 Å². The second-order valence-electron chi connectivity index (χ2n) is 9.66. The molecule has 4 unspecified atom stereocenters. The SMILES string of the molecule is CCCCC1CCCCC(C2CCc3ccccc3C2Oc2cc(C)ccc2F)C1. The topological polar surface area (TPSA) is 9.23 Å². The van der Waals surface area contributed by atoms with Crippen LogP contribution in [0.3, 0.4) is 0 Å². The van der Waals surface area contributed by atoms with Crippen LogP contribution < -0.4 is 4.74 Å². The van der Waals surface area contributed by atoms with Crippen molar-refractivity contribution in [3.8, 4) is 5.75 Å². The number of halogens is 1. The van der Waals surface area contributed by atoms with E-state index in [0.29, 0.717) is 17.6 Å². The third-order valence-electron chi connectivity index (χ3n) is 7.48. The highest BCUT2D eigenvalue weighted by molar-refractivity contribution is 5.35. The van der Waals surface area contributed by atoms with Crippen LogP contribution in [-0.4, -0.2) is 0 Å². The third kappa shape index (κ3) is 4.90. The molecule has 2 aromatic rings. The van der Waals surface area contributed by atoms with Gasteiger partial charge in [0.05, 0.1) is 0 Å². The first-order valence-corrected chi connectivity index (χ1v) is 12.2. The minimum Gasteiger partial charge on any atom is -0.482 e. The molecule has 0 heterocycles. The van der Waals surface area contributed by atoms with Gasteiger partial charge < -0.3 is 4.74 Å². The maximum Gasteiger partial charge on any atom is 0.165 e. The van der Waals surface area contributed by atoms with E-state index >= 15 is 0 Å². The van der Waals surface area contributed by atoms with Crippen molar-refractivity contribution >= 4 is 0 Å². The molecule has 2 aliphatic carbocycles. The lowest BCUT2D eigenvalue weighted by atomic mass is 9.71. The Balaban J connectivity index is 1.62. The van der Waals surface area contributed by atoms with Crippen molar-refractivity contribution in [2.75, 3.05) is 0 Å². The second-order valence-corrected chi connectivity index (χ2v) is 9.66. The van der Waals surface area contributed by atoms with Crippen molar-refractivity contribution in [2.24, 2.45) is 17.8 Å². The number of aryl methyl sites for hydroxylation is 2. The van der Waals surface area contributed by atoms with Crippen molar-refractivity contribution in [1.82, 2.24) is 0 Å². The molecule has 0 spiro atoms. The summed E-state index contributed by atoms with van der Waals surface area (Å²) in [4.78, 5) is 0. The van der Waals surface area contributed by atoms with E-state index in [0.717, 1.165) is 24.3 Å². The highest BCUT2D eigenvalue weighted by Crippen LogP contribution is 2.47. The van der Waals surface area contributed by atoms with E-state index < -0.39 is 0 Å². The summed E-state index contributed by atoms with van der Waals surface area (Å²) in [5.41, 5.74) is 3.70. The minimum absolute atomic E-state index is 0.0406. The van der Waals surface area contributed by atoms with Crippen LogP contribution in [0.5, 0.6) is 5.75 Å². The van der Waals surface area contributed by atoms with E-state index in [4.69, 9.17) is 4.74 Å². The van der Waals surface area contributed by atoms with Gasteiger partial charge >= 0.3 is 0 Å². The van der Waals surface area contributed by atoms with Gasteiger partial charge in [-0.3, -0.25) is 0 Å². The molecule has 162 valence electrons. The summed E-state index contributed by atoms with van der Waals surface area (Å²) in [5.74, 6) is 2.18. The number of hydrogen-bond donors (Lipinski definition) is 0. The van der Waals surface area contributed by atoms with Crippen LogP contribution in [0.25, 0.3) is 0 Å². The maximum atomic E-state index is 14.6. The van der Waals surface area contributed by atoms with E-state index in [1.54, 1.807) is 6.07 Å². The molecule has 4 atom stereocenters. The van der Waals surface area contributed by atoms with Gasteiger partial charge in [-0.2, -0.15) is 0 Å². The van der Waals surface area contributed by atoms with Crippen molar-refractivity contribution in [2.45, 2.75) is 84.2 Å². The molecule has 30 heavy (non-hydrogen) atoms. The fraction of sp³-hybridized carbons (Fsp3) is 0.571. The van der Waals surface area contributed by atoms with Crippen LogP contribution in [0.4, 0.5) is 4.39 Å². The normalized spacial score (nSPS) is 26.6. The van der Waals surface area contributed by atoms with Gasteiger partial charge in [0, 0.05) is 5.92 Å². The fourth-order valence-corrected chi connectivity index (χ4v) is 5.86. The highest BCUT2D eigenvalue weighted by atomic mass is 19.1. The average molecular weight is 409 g/mol. The van der Waals surface area contributed by atoms with Gasteiger partial charge in [0.15, 0.2) is 11.6 Å². The minimum atomic E-state index is -0.246. The zero-order valence-electron chi connectivity index (χ0n) is 18.7. The van der Waals surface area contributed by atoms with Crippen molar-refractivity contribution in [3.63, 3.8) is 0 Å². The number of benzene rings is 2. The number of fused-ring (bicyclic) bond motifs is 1. The van der Waals surface area contributed by atoms with E-state index in [1.807, 2.05) is 19.1 Å². The molecule has 1 nitrogen and oxygen atoms in total. The predicted octanol–water partition coefficient (Wildman–Crippen LogP) is 8.20. The maximum absolute atomic E-state index is 14.6. The monoisotopic (exact) mass is 408 g/mol. The Bertz CT molecular complexity index is 829. The molecule has 2 aliphatic rings. The van der Waals surface area contributed by atoms with Crippen molar-refractivity contribution < 1.29 is 9.13 Å². The number of ether oxygens (including phenoxy) is 1. The predicted molar refractivity (Wildman–Crippen MR) is 122 cm³/mol. The average Bonchev–Trinajstić information content (AvgIpc) is 3.00. The number of unbranched alkanes of at least 4 members (excludes halogenated alkanes) is 1. The lowest BCUT2D eigenvalue weighted by molar-refractivity contribution is 0.0636. The van der Waals surface area contributed by atoms with E-state index in [9.17, 15) is 4.39 Å². The smallest absolute Gasteiger partial charge is 0.165 e. The zero-order valence-corrected chi connectivity index (χ0v) is 18.7. The summed E-state index contributed by atoms with van der Waals surface area (Å²) < 4.78 is 21.2. The van der Waals surface area contributed by atoms with Crippen molar-refractivity contribution in [1.29, 1.82) is 0 Å². The summed E-state index contributed by atoms with van der Waals surface area (Å²) in [5, 5.41) is 0. The number of hydrogen-bond acceptors (Lipinski definition) is 1. The lowest BCUT2D eigenvalue weighted by Gasteiger charge is -2.39. The van der Waals surface area contributed by atoms with Crippen LogP contribution in [-0.2, 0) is 6.42 Å². The molecule has 2 aromatic carbocycles. The van der Waals surface area contributed by atoms with Gasteiger partial charge in [0.2, 0.25) is 0 Å². The van der Waals surface area contributed by atoms with Gasteiger partial charge in [0.25, 0.3) is 0 Å². The summed E-state index contributed by atoms with van der Waals surface area (Å²) in [6, 6.07) is 13.9. The Hall–Kier alpha value is -1.83. The van der Waals surface area contributed by atoms with Crippen LogP contribution >= 0.6 is 0 Å². The molecule has 1 saturated carbocycles. The molecule has 0 aromatic heterocycles.